The van der Waals surface area contributed by atoms with E-state index in [1.807, 2.05) is 33.7 Å². The summed E-state index contributed by atoms with van der Waals surface area (Å²) in [5.74, 6) is 1.20. The number of rotatable bonds is 6. The van der Waals surface area contributed by atoms with Gasteiger partial charge in [-0.1, -0.05) is 6.07 Å². The second-order valence-electron chi connectivity index (χ2n) is 10.9. The lowest BCUT2D eigenvalue weighted by Crippen LogP contribution is -2.47. The molecule has 2 fully saturated rings. The van der Waals surface area contributed by atoms with Crippen molar-refractivity contribution in [2.45, 2.75) is 31.7 Å². The lowest BCUT2D eigenvalue weighted by molar-refractivity contribution is 0.0792. The van der Waals surface area contributed by atoms with E-state index >= 15 is 0 Å². The van der Waals surface area contributed by atoms with Gasteiger partial charge in [-0.05, 0) is 61.6 Å². The fourth-order valence-corrected chi connectivity index (χ4v) is 6.37. The number of anilines is 2. The van der Waals surface area contributed by atoms with Gasteiger partial charge in [0.15, 0.2) is 0 Å². The zero-order chi connectivity index (χ0) is 27.8. The Morgan fingerprint density at radius 2 is 1.62 bits per heavy atom. The van der Waals surface area contributed by atoms with Crippen LogP contribution in [0.5, 0.6) is 11.5 Å². The average molecular weight is 543 g/mol. The topological polar surface area (TPSA) is 93.1 Å². The first-order chi connectivity index (χ1) is 19.4. The smallest absolute Gasteiger partial charge is 0.255 e. The van der Waals surface area contributed by atoms with E-state index in [2.05, 4.69) is 10.2 Å². The van der Waals surface area contributed by atoms with Crippen LogP contribution in [-0.2, 0) is 6.54 Å². The highest BCUT2D eigenvalue weighted by atomic mass is 16.5. The summed E-state index contributed by atoms with van der Waals surface area (Å²) in [6, 6.07) is 16.2. The first-order valence-corrected chi connectivity index (χ1v) is 13.9. The molecule has 0 spiro atoms. The van der Waals surface area contributed by atoms with Crippen LogP contribution in [0.15, 0.2) is 59.4 Å². The standard InChI is InChI=1S/C31H34N4O5/c1-39-24-13-22(14-25(16-24)40-2)30(37)32-26-15-21(31(38)33-10-3-4-11-33)8-9-28(26)34-17-20-12-23(19-34)27-6-5-7-29(36)35(27)18-20/h5-9,13-16,20,23H,3-4,10-12,17-19H2,1-2H3,(H,32,37). The van der Waals surface area contributed by atoms with Gasteiger partial charge in [-0.2, -0.15) is 0 Å². The van der Waals surface area contributed by atoms with Crippen molar-refractivity contribution in [2.75, 3.05) is 50.6 Å². The van der Waals surface area contributed by atoms with E-state index in [1.54, 1.807) is 44.6 Å². The minimum atomic E-state index is -0.321. The van der Waals surface area contributed by atoms with Gasteiger partial charge in [0.2, 0.25) is 0 Å². The van der Waals surface area contributed by atoms with Gasteiger partial charge in [-0.15, -0.1) is 0 Å². The number of piperidine rings is 1. The second-order valence-corrected chi connectivity index (χ2v) is 10.9. The van der Waals surface area contributed by atoms with Crippen molar-refractivity contribution < 1.29 is 19.1 Å². The number of fused-ring (bicyclic) bond motifs is 4. The number of likely N-dealkylation sites (tertiary alicyclic amines) is 1. The number of ether oxygens (including phenoxy) is 2. The number of benzene rings is 2. The first-order valence-electron chi connectivity index (χ1n) is 13.9. The number of pyridine rings is 1. The number of aromatic nitrogens is 1. The zero-order valence-electron chi connectivity index (χ0n) is 22.9. The molecular formula is C31H34N4O5. The summed E-state index contributed by atoms with van der Waals surface area (Å²) in [6.07, 6.45) is 3.04. The van der Waals surface area contributed by atoms with E-state index in [0.717, 1.165) is 56.8 Å². The third-order valence-electron chi connectivity index (χ3n) is 8.32. The van der Waals surface area contributed by atoms with Gasteiger partial charge in [-0.3, -0.25) is 14.4 Å². The highest BCUT2D eigenvalue weighted by Gasteiger charge is 2.35. The summed E-state index contributed by atoms with van der Waals surface area (Å²) in [4.78, 5) is 43.5. The summed E-state index contributed by atoms with van der Waals surface area (Å²) in [5, 5.41) is 3.09. The lowest BCUT2D eigenvalue weighted by atomic mass is 9.83. The SMILES string of the molecule is COc1cc(OC)cc(C(=O)Nc2cc(C(=O)N3CCCC3)ccc2N2CC3CC(C2)c2cccc(=O)n2C3)c1. The van der Waals surface area contributed by atoms with E-state index in [4.69, 9.17) is 9.47 Å². The molecule has 2 amide bonds. The summed E-state index contributed by atoms with van der Waals surface area (Å²) in [6.45, 7) is 3.65. The van der Waals surface area contributed by atoms with Gasteiger partial charge in [-0.25, -0.2) is 0 Å². The third kappa shape index (κ3) is 4.92. The fraction of sp³-hybridized carbons (Fsp3) is 0.387. The minimum absolute atomic E-state index is 0.0218. The Labute approximate surface area is 233 Å². The Hall–Kier alpha value is -4.27. The molecule has 3 aliphatic heterocycles. The Morgan fingerprint density at radius 1 is 0.875 bits per heavy atom. The summed E-state index contributed by atoms with van der Waals surface area (Å²) in [7, 11) is 3.09. The number of hydrogen-bond donors (Lipinski definition) is 1. The maximum absolute atomic E-state index is 13.5. The molecule has 2 bridgehead atoms. The fourth-order valence-electron chi connectivity index (χ4n) is 6.37. The van der Waals surface area contributed by atoms with E-state index in [9.17, 15) is 14.4 Å². The van der Waals surface area contributed by atoms with Gasteiger partial charge < -0.3 is 29.2 Å². The van der Waals surface area contributed by atoms with E-state index in [1.165, 1.54) is 0 Å². The predicted octanol–water partition coefficient (Wildman–Crippen LogP) is 3.98. The van der Waals surface area contributed by atoms with Crippen LogP contribution in [0.25, 0.3) is 0 Å². The van der Waals surface area contributed by atoms with Crippen LogP contribution in [0.1, 0.15) is 51.6 Å². The molecule has 1 N–H and O–H groups in total. The van der Waals surface area contributed by atoms with Crippen molar-refractivity contribution in [1.82, 2.24) is 9.47 Å². The average Bonchev–Trinajstić information content (AvgIpc) is 3.52. The van der Waals surface area contributed by atoms with Crippen LogP contribution in [0.2, 0.25) is 0 Å². The number of amides is 2. The molecule has 0 aliphatic carbocycles. The zero-order valence-corrected chi connectivity index (χ0v) is 22.9. The van der Waals surface area contributed by atoms with Gasteiger partial charge in [0.25, 0.3) is 17.4 Å². The van der Waals surface area contributed by atoms with Crippen molar-refractivity contribution in [2.24, 2.45) is 5.92 Å². The van der Waals surface area contributed by atoms with E-state index in [-0.39, 0.29) is 23.3 Å². The van der Waals surface area contributed by atoms with Gasteiger partial charge in [0, 0.05) is 67.6 Å². The van der Waals surface area contributed by atoms with Crippen LogP contribution < -0.4 is 25.2 Å². The number of carbonyl (C=O) groups excluding carboxylic acids is 2. The Balaban J connectivity index is 1.35. The summed E-state index contributed by atoms with van der Waals surface area (Å²) >= 11 is 0. The molecule has 3 aromatic rings. The Bertz CT molecular complexity index is 1490. The van der Waals surface area contributed by atoms with Crippen LogP contribution >= 0.6 is 0 Å². The van der Waals surface area contributed by atoms with Crippen LogP contribution in [-0.4, -0.2) is 61.7 Å². The Kier molecular flexibility index (Phi) is 6.96. The molecule has 0 saturated carbocycles. The molecule has 2 saturated heterocycles. The molecule has 9 heteroatoms. The number of nitrogens with one attached hydrogen (secondary N) is 1. The highest BCUT2D eigenvalue weighted by molar-refractivity contribution is 6.07. The normalized spacial score (nSPS) is 19.6. The molecule has 4 heterocycles. The summed E-state index contributed by atoms with van der Waals surface area (Å²) in [5.41, 5.74) is 3.50. The minimum Gasteiger partial charge on any atom is -0.497 e. The van der Waals surface area contributed by atoms with Crippen LogP contribution in [0.3, 0.4) is 0 Å². The molecule has 1 aromatic heterocycles. The second kappa shape index (κ2) is 10.7. The molecule has 2 unspecified atom stereocenters. The van der Waals surface area contributed by atoms with E-state index < -0.39 is 0 Å². The molecule has 2 aromatic carbocycles. The Morgan fingerprint density at radius 3 is 2.35 bits per heavy atom. The maximum Gasteiger partial charge on any atom is 0.255 e. The van der Waals surface area contributed by atoms with Crippen molar-refractivity contribution in [3.63, 3.8) is 0 Å². The largest absolute Gasteiger partial charge is 0.497 e. The van der Waals surface area contributed by atoms with Gasteiger partial charge in [0.05, 0.1) is 25.6 Å². The number of carbonyl (C=O) groups is 2. The van der Waals surface area contributed by atoms with Gasteiger partial charge >= 0.3 is 0 Å². The number of methoxy groups -OCH3 is 2. The molecule has 208 valence electrons. The molecule has 2 atom stereocenters. The van der Waals surface area contributed by atoms with Crippen molar-refractivity contribution in [3.8, 4) is 11.5 Å². The molecule has 0 radical (unpaired) electrons. The molecule has 3 aliphatic rings. The first kappa shape index (κ1) is 26.0. The van der Waals surface area contributed by atoms with Crippen LogP contribution in [0, 0.1) is 5.92 Å². The van der Waals surface area contributed by atoms with Crippen molar-refractivity contribution in [1.29, 1.82) is 0 Å². The van der Waals surface area contributed by atoms with Crippen molar-refractivity contribution in [3.05, 3.63) is 81.8 Å². The molecule has 40 heavy (non-hydrogen) atoms. The maximum atomic E-state index is 13.5. The monoisotopic (exact) mass is 542 g/mol. The number of hydrogen-bond acceptors (Lipinski definition) is 6. The van der Waals surface area contributed by atoms with Crippen molar-refractivity contribution >= 4 is 23.2 Å². The molecule has 9 nitrogen and oxygen atoms in total. The number of nitrogens with zero attached hydrogens (tertiary/aromatic N) is 3. The highest BCUT2D eigenvalue weighted by Crippen LogP contribution is 2.39. The predicted molar refractivity (Wildman–Crippen MR) is 153 cm³/mol. The third-order valence-corrected chi connectivity index (χ3v) is 8.32. The quantitative estimate of drug-likeness (QED) is 0.507. The van der Waals surface area contributed by atoms with Gasteiger partial charge in [0.1, 0.15) is 11.5 Å². The molecular weight excluding hydrogens is 508 g/mol. The molecule has 6 rings (SSSR count). The summed E-state index contributed by atoms with van der Waals surface area (Å²) < 4.78 is 12.6. The lowest BCUT2D eigenvalue weighted by Gasteiger charge is -2.44. The van der Waals surface area contributed by atoms with Crippen LogP contribution in [0.4, 0.5) is 11.4 Å². The van der Waals surface area contributed by atoms with E-state index in [0.29, 0.717) is 40.8 Å².